The predicted octanol–water partition coefficient (Wildman–Crippen LogP) is 0.993. The molecule has 74 valence electrons. The van der Waals surface area contributed by atoms with Crippen molar-refractivity contribution < 1.29 is 0 Å². The summed E-state index contributed by atoms with van der Waals surface area (Å²) in [7, 11) is 1.88. The van der Waals surface area contributed by atoms with E-state index in [0.29, 0.717) is 17.3 Å². The van der Waals surface area contributed by atoms with Crippen molar-refractivity contribution in [2.75, 3.05) is 5.73 Å². The highest BCUT2D eigenvalue weighted by atomic mass is 35.5. The minimum Gasteiger partial charge on any atom is -0.382 e. The van der Waals surface area contributed by atoms with Crippen LogP contribution in [0.2, 0.25) is 0 Å². The number of rotatable bonds is 1. The lowest BCUT2D eigenvalue weighted by Crippen LogP contribution is -2.01. The van der Waals surface area contributed by atoms with E-state index in [1.54, 1.807) is 0 Å². The molecule has 0 saturated heterocycles. The number of hydrogen-bond acceptors (Lipinski definition) is 4. The molecule has 5 nitrogen and oxygen atoms in total. The quantitative estimate of drug-likeness (QED) is 0.715. The number of fused-ring (bicyclic) bond motifs is 1. The molecule has 0 fully saturated rings. The average molecular weight is 212 g/mol. The number of alkyl halides is 1. The van der Waals surface area contributed by atoms with Gasteiger partial charge < -0.3 is 10.3 Å². The molecule has 0 bridgehead atoms. The molecule has 2 aromatic rings. The van der Waals surface area contributed by atoms with Crippen LogP contribution in [-0.4, -0.2) is 19.5 Å². The number of imidazole rings is 1. The number of nitrogens with two attached hydrogens (primary N) is 1. The average Bonchev–Trinajstić information content (AvgIpc) is 2.43. The number of aryl methyl sites for hydroxylation is 2. The van der Waals surface area contributed by atoms with Gasteiger partial charge in [-0.3, -0.25) is 0 Å². The summed E-state index contributed by atoms with van der Waals surface area (Å²) >= 11 is 5.63. The van der Waals surface area contributed by atoms with Gasteiger partial charge in [-0.15, -0.1) is 11.6 Å². The van der Waals surface area contributed by atoms with Crippen molar-refractivity contribution in [3.05, 3.63) is 11.6 Å². The van der Waals surface area contributed by atoms with Gasteiger partial charge in [0.15, 0.2) is 11.5 Å². The van der Waals surface area contributed by atoms with Crippen LogP contribution in [0.15, 0.2) is 0 Å². The number of aromatic nitrogens is 4. The Bertz CT molecular complexity index is 490. The standard InChI is InChI=1S/C8H10ClN5/c1-4-11-8-6(14(4)2)7(10)12-5(3-9)13-8/h3H2,1-2H3,(H2,10,12,13). The summed E-state index contributed by atoms with van der Waals surface area (Å²) in [5.74, 6) is 2.03. The van der Waals surface area contributed by atoms with E-state index in [9.17, 15) is 0 Å². The lowest BCUT2D eigenvalue weighted by molar-refractivity contribution is 0.885. The monoisotopic (exact) mass is 211 g/mol. The Morgan fingerprint density at radius 3 is 2.71 bits per heavy atom. The summed E-state index contributed by atoms with van der Waals surface area (Å²) in [5, 5.41) is 0. The fourth-order valence-corrected chi connectivity index (χ4v) is 1.48. The SMILES string of the molecule is Cc1nc2nc(CCl)nc(N)c2n1C. The van der Waals surface area contributed by atoms with Crippen LogP contribution in [0, 0.1) is 6.92 Å². The summed E-state index contributed by atoms with van der Waals surface area (Å²) in [4.78, 5) is 12.5. The number of halogens is 1. The number of hydrogen-bond donors (Lipinski definition) is 1. The van der Waals surface area contributed by atoms with Crippen LogP contribution >= 0.6 is 11.6 Å². The smallest absolute Gasteiger partial charge is 0.183 e. The lowest BCUT2D eigenvalue weighted by Gasteiger charge is -2.00. The Labute approximate surface area is 85.9 Å². The topological polar surface area (TPSA) is 69.6 Å². The second kappa shape index (κ2) is 3.09. The summed E-state index contributed by atoms with van der Waals surface area (Å²) in [6, 6.07) is 0. The second-order valence-electron chi connectivity index (χ2n) is 3.05. The first-order valence-electron chi connectivity index (χ1n) is 4.15. The zero-order valence-corrected chi connectivity index (χ0v) is 8.71. The van der Waals surface area contributed by atoms with Crippen molar-refractivity contribution in [3.8, 4) is 0 Å². The molecule has 2 heterocycles. The molecule has 0 amide bonds. The maximum Gasteiger partial charge on any atom is 0.183 e. The molecule has 0 aromatic carbocycles. The minimum atomic E-state index is 0.246. The van der Waals surface area contributed by atoms with Gasteiger partial charge in [-0.1, -0.05) is 0 Å². The fourth-order valence-electron chi connectivity index (χ4n) is 1.36. The molecule has 2 N–H and O–H groups in total. The van der Waals surface area contributed by atoms with Gasteiger partial charge in [0.1, 0.15) is 17.2 Å². The third-order valence-electron chi connectivity index (χ3n) is 2.15. The normalized spacial score (nSPS) is 11.1. The van der Waals surface area contributed by atoms with Crippen molar-refractivity contribution in [2.24, 2.45) is 7.05 Å². The molecular formula is C8H10ClN5. The second-order valence-corrected chi connectivity index (χ2v) is 3.32. The zero-order valence-electron chi connectivity index (χ0n) is 7.95. The van der Waals surface area contributed by atoms with Crippen LogP contribution in [0.3, 0.4) is 0 Å². The molecule has 6 heteroatoms. The third kappa shape index (κ3) is 1.21. The van der Waals surface area contributed by atoms with Crippen LogP contribution in [-0.2, 0) is 12.9 Å². The zero-order chi connectivity index (χ0) is 10.3. The molecule has 0 unspecified atom stereocenters. The first-order valence-corrected chi connectivity index (χ1v) is 4.68. The predicted molar refractivity (Wildman–Crippen MR) is 55.0 cm³/mol. The molecule has 0 aliphatic rings. The van der Waals surface area contributed by atoms with E-state index in [0.717, 1.165) is 11.3 Å². The first-order chi connectivity index (χ1) is 6.63. The van der Waals surface area contributed by atoms with E-state index >= 15 is 0 Å². The third-order valence-corrected chi connectivity index (χ3v) is 2.39. The molecule has 0 saturated carbocycles. The van der Waals surface area contributed by atoms with Gasteiger partial charge in [0.05, 0.1) is 5.88 Å². The summed E-state index contributed by atoms with van der Waals surface area (Å²) in [6.07, 6.45) is 0. The highest BCUT2D eigenvalue weighted by Crippen LogP contribution is 2.18. The van der Waals surface area contributed by atoms with Crippen LogP contribution in [0.25, 0.3) is 11.2 Å². The van der Waals surface area contributed by atoms with E-state index in [-0.39, 0.29) is 5.88 Å². The van der Waals surface area contributed by atoms with Gasteiger partial charge in [0.2, 0.25) is 0 Å². The Morgan fingerprint density at radius 1 is 1.36 bits per heavy atom. The number of anilines is 1. The maximum absolute atomic E-state index is 5.78. The summed E-state index contributed by atoms with van der Waals surface area (Å²) in [5.41, 5.74) is 7.14. The summed E-state index contributed by atoms with van der Waals surface area (Å²) < 4.78 is 1.86. The molecule has 0 aliphatic heterocycles. The molecule has 2 rings (SSSR count). The summed E-state index contributed by atoms with van der Waals surface area (Å²) in [6.45, 7) is 1.89. The molecule has 0 aliphatic carbocycles. The Hall–Kier alpha value is -1.36. The molecule has 0 radical (unpaired) electrons. The van der Waals surface area contributed by atoms with Gasteiger partial charge in [0, 0.05) is 7.05 Å². The Morgan fingerprint density at radius 2 is 2.07 bits per heavy atom. The van der Waals surface area contributed by atoms with E-state index < -0.39 is 0 Å². The highest BCUT2D eigenvalue weighted by molar-refractivity contribution is 6.16. The molecular weight excluding hydrogens is 202 g/mol. The van der Waals surface area contributed by atoms with Crippen molar-refractivity contribution in [1.29, 1.82) is 0 Å². The van der Waals surface area contributed by atoms with E-state index in [1.165, 1.54) is 0 Å². The van der Waals surface area contributed by atoms with Crippen LogP contribution in [0.5, 0.6) is 0 Å². The van der Waals surface area contributed by atoms with Crippen molar-refractivity contribution in [2.45, 2.75) is 12.8 Å². The minimum absolute atomic E-state index is 0.246. The Kier molecular flexibility index (Phi) is 2.03. The highest BCUT2D eigenvalue weighted by Gasteiger charge is 2.11. The van der Waals surface area contributed by atoms with Crippen LogP contribution in [0.4, 0.5) is 5.82 Å². The first kappa shape index (κ1) is 9.21. The Balaban J connectivity index is 2.83. The van der Waals surface area contributed by atoms with Crippen molar-refractivity contribution in [1.82, 2.24) is 19.5 Å². The van der Waals surface area contributed by atoms with Crippen LogP contribution in [0.1, 0.15) is 11.6 Å². The fraction of sp³-hybridized carbons (Fsp3) is 0.375. The largest absolute Gasteiger partial charge is 0.382 e. The van der Waals surface area contributed by atoms with Crippen LogP contribution < -0.4 is 5.73 Å². The molecule has 0 atom stereocenters. The van der Waals surface area contributed by atoms with Gasteiger partial charge in [-0.05, 0) is 6.92 Å². The number of nitrogens with zero attached hydrogens (tertiary/aromatic N) is 4. The van der Waals surface area contributed by atoms with Gasteiger partial charge in [-0.2, -0.15) is 0 Å². The molecule has 14 heavy (non-hydrogen) atoms. The lowest BCUT2D eigenvalue weighted by atomic mass is 10.4. The van der Waals surface area contributed by atoms with Crippen molar-refractivity contribution in [3.63, 3.8) is 0 Å². The number of nitrogen functional groups attached to an aromatic ring is 1. The van der Waals surface area contributed by atoms with E-state index in [2.05, 4.69) is 15.0 Å². The van der Waals surface area contributed by atoms with E-state index in [1.807, 2.05) is 18.5 Å². The van der Waals surface area contributed by atoms with Gasteiger partial charge >= 0.3 is 0 Å². The molecule has 0 spiro atoms. The molecule has 2 aromatic heterocycles. The maximum atomic E-state index is 5.78. The van der Waals surface area contributed by atoms with Gasteiger partial charge in [-0.25, -0.2) is 15.0 Å². The van der Waals surface area contributed by atoms with E-state index in [4.69, 9.17) is 17.3 Å². The van der Waals surface area contributed by atoms with Crippen molar-refractivity contribution >= 4 is 28.6 Å². The van der Waals surface area contributed by atoms with Gasteiger partial charge in [0.25, 0.3) is 0 Å².